The van der Waals surface area contributed by atoms with Gasteiger partial charge in [0.05, 0.1) is 5.41 Å². The Morgan fingerprint density at radius 1 is 1.33 bits per heavy atom. The first-order valence-electron chi connectivity index (χ1n) is 9.08. The standard InChI is InChI=1S/C18H25N3O3/c1-13-15(19-12-24-13)16(22)21-9-7-18(11-21)6-3-8-20(17(18)23)10-14-4-2-5-14/h12,14H,2-11H2,1H3/t18-/m1/s1. The van der Waals surface area contributed by atoms with Crippen LogP contribution < -0.4 is 0 Å². The van der Waals surface area contributed by atoms with Crippen LogP contribution in [0.15, 0.2) is 10.8 Å². The number of hydrogen-bond acceptors (Lipinski definition) is 4. The van der Waals surface area contributed by atoms with Crippen molar-refractivity contribution in [2.75, 3.05) is 26.2 Å². The Labute approximate surface area is 142 Å². The Bertz CT molecular complexity index is 652. The van der Waals surface area contributed by atoms with E-state index in [4.69, 9.17) is 4.42 Å². The van der Waals surface area contributed by atoms with Gasteiger partial charge in [0.15, 0.2) is 12.1 Å². The fourth-order valence-electron chi connectivity index (χ4n) is 4.40. The number of carbonyl (C=O) groups is 2. The van der Waals surface area contributed by atoms with Crippen LogP contribution in [0.3, 0.4) is 0 Å². The van der Waals surface area contributed by atoms with Gasteiger partial charge in [-0.1, -0.05) is 6.42 Å². The number of aromatic nitrogens is 1. The second-order valence-electron chi connectivity index (χ2n) is 7.67. The summed E-state index contributed by atoms with van der Waals surface area (Å²) in [5, 5.41) is 0. The molecule has 0 N–H and O–H groups in total. The van der Waals surface area contributed by atoms with E-state index in [0.717, 1.165) is 32.4 Å². The predicted octanol–water partition coefficient (Wildman–Crippen LogP) is 2.24. The van der Waals surface area contributed by atoms with Gasteiger partial charge >= 0.3 is 0 Å². The fourth-order valence-corrected chi connectivity index (χ4v) is 4.40. The number of piperidine rings is 1. The van der Waals surface area contributed by atoms with E-state index in [-0.39, 0.29) is 17.2 Å². The number of carbonyl (C=O) groups excluding carboxylic acids is 2. The molecule has 6 heteroatoms. The van der Waals surface area contributed by atoms with Gasteiger partial charge in [-0.05, 0) is 44.9 Å². The van der Waals surface area contributed by atoms with E-state index in [9.17, 15) is 9.59 Å². The summed E-state index contributed by atoms with van der Waals surface area (Å²) >= 11 is 0. The van der Waals surface area contributed by atoms with Crippen molar-refractivity contribution < 1.29 is 14.0 Å². The summed E-state index contributed by atoms with van der Waals surface area (Å²) in [6.07, 6.45) is 7.84. The average Bonchev–Trinajstić information content (AvgIpc) is 3.14. The van der Waals surface area contributed by atoms with Crippen molar-refractivity contribution in [1.82, 2.24) is 14.8 Å². The van der Waals surface area contributed by atoms with E-state index < -0.39 is 0 Å². The number of aryl methyl sites for hydroxylation is 1. The van der Waals surface area contributed by atoms with Gasteiger partial charge in [0, 0.05) is 26.2 Å². The Hall–Kier alpha value is -1.85. The molecule has 0 radical (unpaired) electrons. The smallest absolute Gasteiger partial charge is 0.276 e. The van der Waals surface area contributed by atoms with Crippen molar-refractivity contribution in [3.05, 3.63) is 17.8 Å². The highest BCUT2D eigenvalue weighted by atomic mass is 16.3. The van der Waals surface area contributed by atoms with E-state index in [1.165, 1.54) is 25.7 Å². The molecule has 3 heterocycles. The van der Waals surface area contributed by atoms with E-state index in [2.05, 4.69) is 9.88 Å². The summed E-state index contributed by atoms with van der Waals surface area (Å²) in [5.41, 5.74) is 0.0107. The Morgan fingerprint density at radius 2 is 2.17 bits per heavy atom. The van der Waals surface area contributed by atoms with Crippen LogP contribution in [0.5, 0.6) is 0 Å². The summed E-state index contributed by atoms with van der Waals surface area (Å²) in [7, 11) is 0. The summed E-state index contributed by atoms with van der Waals surface area (Å²) in [6.45, 7) is 4.70. The maximum absolute atomic E-state index is 13.1. The minimum Gasteiger partial charge on any atom is -0.448 e. The van der Waals surface area contributed by atoms with Crippen LogP contribution in [0.25, 0.3) is 0 Å². The largest absolute Gasteiger partial charge is 0.448 e. The highest BCUT2D eigenvalue weighted by molar-refractivity contribution is 5.94. The highest BCUT2D eigenvalue weighted by Gasteiger charge is 2.50. The van der Waals surface area contributed by atoms with Crippen LogP contribution in [0.2, 0.25) is 0 Å². The zero-order chi connectivity index (χ0) is 16.7. The molecule has 6 nitrogen and oxygen atoms in total. The second-order valence-corrected chi connectivity index (χ2v) is 7.67. The molecule has 1 aromatic heterocycles. The maximum Gasteiger partial charge on any atom is 0.276 e. The molecule has 130 valence electrons. The molecule has 2 saturated heterocycles. The van der Waals surface area contributed by atoms with Gasteiger partial charge in [0.2, 0.25) is 5.91 Å². The zero-order valence-electron chi connectivity index (χ0n) is 14.3. The number of oxazole rings is 1. The molecular formula is C18H25N3O3. The molecule has 4 rings (SSSR count). The third kappa shape index (κ3) is 2.52. The fraction of sp³-hybridized carbons (Fsp3) is 0.722. The van der Waals surface area contributed by atoms with Crippen LogP contribution in [0.1, 0.15) is 54.8 Å². The van der Waals surface area contributed by atoms with Crippen molar-refractivity contribution in [1.29, 1.82) is 0 Å². The lowest BCUT2D eigenvalue weighted by molar-refractivity contribution is -0.146. The van der Waals surface area contributed by atoms with Gasteiger partial charge in [-0.2, -0.15) is 0 Å². The normalized spacial score (nSPS) is 27.8. The van der Waals surface area contributed by atoms with Gasteiger partial charge in [-0.25, -0.2) is 4.98 Å². The SMILES string of the molecule is Cc1ocnc1C(=O)N1CC[C@]2(CCCN(CC3CCC3)C2=O)C1. The van der Waals surface area contributed by atoms with Crippen molar-refractivity contribution in [3.8, 4) is 0 Å². The molecule has 0 unspecified atom stereocenters. The molecule has 1 spiro atoms. The lowest BCUT2D eigenvalue weighted by Gasteiger charge is -2.42. The number of amides is 2. The first kappa shape index (κ1) is 15.7. The van der Waals surface area contributed by atoms with Crippen LogP contribution in [-0.2, 0) is 4.79 Å². The minimum atomic E-state index is -0.366. The zero-order valence-corrected chi connectivity index (χ0v) is 14.3. The molecule has 3 aliphatic rings. The number of rotatable bonds is 3. The van der Waals surface area contributed by atoms with Gasteiger partial charge in [-0.3, -0.25) is 9.59 Å². The molecule has 1 aliphatic carbocycles. The summed E-state index contributed by atoms with van der Waals surface area (Å²) < 4.78 is 5.15. The number of hydrogen-bond donors (Lipinski definition) is 0. The van der Waals surface area contributed by atoms with Crippen molar-refractivity contribution in [3.63, 3.8) is 0 Å². The molecule has 2 amide bonds. The maximum atomic E-state index is 13.1. The molecule has 0 aromatic carbocycles. The quantitative estimate of drug-likeness (QED) is 0.852. The van der Waals surface area contributed by atoms with Gasteiger partial charge < -0.3 is 14.2 Å². The van der Waals surface area contributed by atoms with Crippen LogP contribution in [0.4, 0.5) is 0 Å². The highest BCUT2D eigenvalue weighted by Crippen LogP contribution is 2.41. The van der Waals surface area contributed by atoms with Crippen LogP contribution >= 0.6 is 0 Å². The van der Waals surface area contributed by atoms with E-state index >= 15 is 0 Å². The average molecular weight is 331 g/mol. The number of nitrogens with zero attached hydrogens (tertiary/aromatic N) is 3. The topological polar surface area (TPSA) is 66.7 Å². The minimum absolute atomic E-state index is 0.109. The van der Waals surface area contributed by atoms with Crippen molar-refractivity contribution in [2.45, 2.75) is 45.4 Å². The second kappa shape index (κ2) is 5.90. The molecule has 2 aliphatic heterocycles. The third-order valence-electron chi connectivity index (χ3n) is 6.12. The lowest BCUT2D eigenvalue weighted by Crippen LogP contribution is -2.52. The molecule has 24 heavy (non-hydrogen) atoms. The monoisotopic (exact) mass is 331 g/mol. The third-order valence-corrected chi connectivity index (χ3v) is 6.12. The lowest BCUT2D eigenvalue weighted by atomic mass is 9.77. The summed E-state index contributed by atoms with van der Waals surface area (Å²) in [5.74, 6) is 1.40. The van der Waals surface area contributed by atoms with Crippen molar-refractivity contribution in [2.24, 2.45) is 11.3 Å². The Balaban J connectivity index is 1.46. The van der Waals surface area contributed by atoms with Gasteiger partial charge in [0.25, 0.3) is 5.91 Å². The molecular weight excluding hydrogens is 306 g/mol. The molecule has 1 atom stereocenters. The molecule has 3 fully saturated rings. The first-order valence-corrected chi connectivity index (χ1v) is 9.08. The first-order chi connectivity index (χ1) is 11.6. The molecule has 1 saturated carbocycles. The van der Waals surface area contributed by atoms with Crippen molar-refractivity contribution >= 4 is 11.8 Å². The summed E-state index contributed by atoms with van der Waals surface area (Å²) in [6, 6.07) is 0. The number of likely N-dealkylation sites (tertiary alicyclic amines) is 2. The Morgan fingerprint density at radius 3 is 2.83 bits per heavy atom. The van der Waals surface area contributed by atoms with E-state index in [1.807, 2.05) is 0 Å². The van der Waals surface area contributed by atoms with Crippen LogP contribution in [-0.4, -0.2) is 52.8 Å². The van der Waals surface area contributed by atoms with Crippen LogP contribution in [0, 0.1) is 18.3 Å². The molecule has 0 bridgehead atoms. The summed E-state index contributed by atoms with van der Waals surface area (Å²) in [4.78, 5) is 33.6. The Kier molecular flexibility index (Phi) is 3.85. The van der Waals surface area contributed by atoms with Gasteiger partial charge in [-0.15, -0.1) is 0 Å². The van der Waals surface area contributed by atoms with E-state index in [0.29, 0.717) is 30.5 Å². The predicted molar refractivity (Wildman–Crippen MR) is 87.3 cm³/mol. The van der Waals surface area contributed by atoms with Gasteiger partial charge in [0.1, 0.15) is 5.76 Å². The van der Waals surface area contributed by atoms with E-state index in [1.54, 1.807) is 11.8 Å². The molecule has 1 aromatic rings.